The highest BCUT2D eigenvalue weighted by Crippen LogP contribution is 2.21. The summed E-state index contributed by atoms with van der Waals surface area (Å²) in [6.07, 6.45) is 2.99. The molecule has 1 atom stereocenters. The van der Waals surface area contributed by atoms with Crippen LogP contribution >= 0.6 is 22.7 Å². The summed E-state index contributed by atoms with van der Waals surface area (Å²) in [7, 11) is 0. The molecule has 0 spiro atoms. The Hall–Kier alpha value is -1.68. The summed E-state index contributed by atoms with van der Waals surface area (Å²) in [5, 5.41) is 14.5. The second-order valence-electron chi connectivity index (χ2n) is 4.24. The second kappa shape index (κ2) is 7.93. The van der Waals surface area contributed by atoms with Crippen molar-refractivity contribution in [3.8, 4) is 11.8 Å². The van der Waals surface area contributed by atoms with E-state index < -0.39 is 0 Å². The van der Waals surface area contributed by atoms with Crippen molar-refractivity contribution in [3.05, 3.63) is 38.5 Å². The Morgan fingerprint density at radius 2 is 2.38 bits per heavy atom. The predicted octanol–water partition coefficient (Wildman–Crippen LogP) is 2.82. The number of carbonyl (C=O) groups is 1. The maximum absolute atomic E-state index is 12.2. The van der Waals surface area contributed by atoms with Crippen LogP contribution in [0.2, 0.25) is 0 Å². The average Bonchev–Trinajstić information content (AvgIpc) is 3.16. The van der Waals surface area contributed by atoms with Crippen LogP contribution in [0.25, 0.3) is 0 Å². The van der Waals surface area contributed by atoms with E-state index in [0.717, 1.165) is 16.3 Å². The smallest absolute Gasteiger partial charge is 0.261 e. The molecule has 2 heterocycles. The van der Waals surface area contributed by atoms with Gasteiger partial charge in [0.25, 0.3) is 5.91 Å². The number of aliphatic hydroxyl groups is 1. The third kappa shape index (κ3) is 4.39. The number of rotatable bonds is 5. The lowest BCUT2D eigenvalue weighted by Gasteiger charge is -2.13. The molecule has 0 saturated carbocycles. The summed E-state index contributed by atoms with van der Waals surface area (Å²) < 4.78 is 0. The number of aromatic nitrogens is 1. The minimum atomic E-state index is -0.0998. The molecule has 0 aliphatic heterocycles. The van der Waals surface area contributed by atoms with E-state index in [1.165, 1.54) is 11.3 Å². The number of hydrogen-bond donors (Lipinski definition) is 2. The van der Waals surface area contributed by atoms with Gasteiger partial charge >= 0.3 is 0 Å². The monoisotopic (exact) mass is 320 g/mol. The standard InChI is InChI=1S/C15H16N2O2S2/c1-2-12(15-16-8-10-20-15)17-14(19)13-7-6-11(21-13)5-3-4-9-18/h6-8,10,12,18H,2,4,9H2,1H3,(H,17,19). The molecule has 2 aromatic heterocycles. The molecule has 2 aromatic rings. The number of nitrogens with zero attached hydrogens (tertiary/aromatic N) is 1. The zero-order chi connectivity index (χ0) is 15.1. The molecule has 6 heteroatoms. The zero-order valence-electron chi connectivity index (χ0n) is 11.6. The summed E-state index contributed by atoms with van der Waals surface area (Å²) >= 11 is 2.90. The lowest BCUT2D eigenvalue weighted by atomic mass is 10.2. The van der Waals surface area contributed by atoms with Crippen molar-refractivity contribution >= 4 is 28.6 Å². The van der Waals surface area contributed by atoms with Gasteiger partial charge in [-0.2, -0.15) is 0 Å². The lowest BCUT2D eigenvalue weighted by molar-refractivity contribution is 0.0939. The highest BCUT2D eigenvalue weighted by atomic mass is 32.1. The van der Waals surface area contributed by atoms with Gasteiger partial charge in [0.1, 0.15) is 5.01 Å². The fraction of sp³-hybridized carbons (Fsp3) is 0.333. The molecule has 2 rings (SSSR count). The molecule has 0 aliphatic carbocycles. The number of nitrogens with one attached hydrogen (secondary N) is 1. The Balaban J connectivity index is 2.02. The summed E-state index contributed by atoms with van der Waals surface area (Å²) in [5.41, 5.74) is 0. The van der Waals surface area contributed by atoms with E-state index in [4.69, 9.17) is 5.11 Å². The molecule has 110 valence electrons. The van der Waals surface area contributed by atoms with Crippen LogP contribution in [-0.2, 0) is 0 Å². The van der Waals surface area contributed by atoms with Crippen molar-refractivity contribution in [3.63, 3.8) is 0 Å². The quantitative estimate of drug-likeness (QED) is 0.833. The van der Waals surface area contributed by atoms with E-state index in [1.807, 2.05) is 18.4 Å². The summed E-state index contributed by atoms with van der Waals surface area (Å²) in [6.45, 7) is 2.07. The summed E-state index contributed by atoms with van der Waals surface area (Å²) in [4.78, 5) is 18.0. The van der Waals surface area contributed by atoms with E-state index in [9.17, 15) is 4.79 Å². The van der Waals surface area contributed by atoms with Crippen LogP contribution in [0.1, 0.15) is 45.4 Å². The van der Waals surface area contributed by atoms with Crippen LogP contribution in [0.4, 0.5) is 0 Å². The minimum absolute atomic E-state index is 0.0523. The van der Waals surface area contributed by atoms with Crippen molar-refractivity contribution in [2.24, 2.45) is 0 Å². The molecular weight excluding hydrogens is 304 g/mol. The van der Waals surface area contributed by atoms with E-state index in [0.29, 0.717) is 11.3 Å². The van der Waals surface area contributed by atoms with Gasteiger partial charge in [0, 0.05) is 18.0 Å². The first kappa shape index (κ1) is 15.7. The number of hydrogen-bond acceptors (Lipinski definition) is 5. The first-order chi connectivity index (χ1) is 10.2. The Kier molecular flexibility index (Phi) is 5.93. The Morgan fingerprint density at radius 3 is 3.05 bits per heavy atom. The molecule has 0 fully saturated rings. The summed E-state index contributed by atoms with van der Waals surface area (Å²) in [6, 6.07) is 3.55. The normalized spacial score (nSPS) is 11.5. The van der Waals surface area contributed by atoms with Gasteiger partial charge in [-0.15, -0.1) is 22.7 Å². The number of thiophene rings is 1. The molecule has 21 heavy (non-hydrogen) atoms. The van der Waals surface area contributed by atoms with E-state index in [2.05, 4.69) is 22.1 Å². The molecule has 4 nitrogen and oxygen atoms in total. The van der Waals surface area contributed by atoms with Gasteiger partial charge in [-0.3, -0.25) is 4.79 Å². The van der Waals surface area contributed by atoms with Crippen molar-refractivity contribution in [1.82, 2.24) is 10.3 Å². The van der Waals surface area contributed by atoms with E-state index >= 15 is 0 Å². The molecule has 2 N–H and O–H groups in total. The first-order valence-corrected chi connectivity index (χ1v) is 8.34. The maximum atomic E-state index is 12.2. The third-order valence-electron chi connectivity index (χ3n) is 2.74. The van der Waals surface area contributed by atoms with Gasteiger partial charge in [-0.25, -0.2) is 4.98 Å². The largest absolute Gasteiger partial charge is 0.395 e. The number of thiazole rings is 1. The van der Waals surface area contributed by atoms with Crippen molar-refractivity contribution in [2.45, 2.75) is 25.8 Å². The predicted molar refractivity (Wildman–Crippen MR) is 85.5 cm³/mol. The minimum Gasteiger partial charge on any atom is -0.395 e. The molecule has 1 unspecified atom stereocenters. The fourth-order valence-electron chi connectivity index (χ4n) is 1.71. The van der Waals surface area contributed by atoms with Crippen molar-refractivity contribution in [2.75, 3.05) is 6.61 Å². The van der Waals surface area contributed by atoms with Crippen LogP contribution in [0.3, 0.4) is 0 Å². The first-order valence-electron chi connectivity index (χ1n) is 6.64. The molecule has 0 saturated heterocycles. The topological polar surface area (TPSA) is 62.2 Å². The number of amides is 1. The maximum Gasteiger partial charge on any atom is 0.261 e. The molecule has 1 amide bonds. The molecule has 0 aliphatic rings. The van der Waals surface area contributed by atoms with Crippen LogP contribution in [0.15, 0.2) is 23.7 Å². The molecular formula is C15H16N2O2S2. The van der Waals surface area contributed by atoms with Crippen LogP contribution < -0.4 is 5.32 Å². The molecule has 0 radical (unpaired) electrons. The van der Waals surface area contributed by atoms with E-state index in [1.54, 1.807) is 23.6 Å². The van der Waals surface area contributed by atoms with Gasteiger partial charge in [0.05, 0.1) is 22.4 Å². The number of carbonyl (C=O) groups excluding carboxylic acids is 1. The Labute approximate surface area is 131 Å². The van der Waals surface area contributed by atoms with Gasteiger partial charge in [-0.05, 0) is 18.6 Å². The van der Waals surface area contributed by atoms with Gasteiger partial charge in [0.15, 0.2) is 0 Å². The molecule has 0 aromatic carbocycles. The van der Waals surface area contributed by atoms with Crippen molar-refractivity contribution in [1.29, 1.82) is 0 Å². The lowest BCUT2D eigenvalue weighted by Crippen LogP contribution is -2.27. The van der Waals surface area contributed by atoms with E-state index in [-0.39, 0.29) is 18.6 Å². The van der Waals surface area contributed by atoms with Gasteiger partial charge in [-0.1, -0.05) is 18.8 Å². The van der Waals surface area contributed by atoms with Crippen LogP contribution in [0, 0.1) is 11.8 Å². The Bertz CT molecular complexity index is 638. The van der Waals surface area contributed by atoms with Crippen LogP contribution in [0.5, 0.6) is 0 Å². The highest BCUT2D eigenvalue weighted by Gasteiger charge is 2.17. The average molecular weight is 320 g/mol. The molecule has 0 bridgehead atoms. The fourth-order valence-corrected chi connectivity index (χ4v) is 3.26. The van der Waals surface area contributed by atoms with Crippen LogP contribution in [-0.4, -0.2) is 22.6 Å². The second-order valence-corrected chi connectivity index (χ2v) is 6.25. The van der Waals surface area contributed by atoms with Gasteiger partial charge in [0.2, 0.25) is 0 Å². The Morgan fingerprint density at radius 1 is 1.52 bits per heavy atom. The number of aliphatic hydroxyl groups excluding tert-OH is 1. The SMILES string of the molecule is CCC(NC(=O)c1ccc(C#CCCO)s1)c1nccs1. The van der Waals surface area contributed by atoms with Gasteiger partial charge < -0.3 is 10.4 Å². The highest BCUT2D eigenvalue weighted by molar-refractivity contribution is 7.14. The van der Waals surface area contributed by atoms with Crippen molar-refractivity contribution < 1.29 is 9.90 Å². The third-order valence-corrected chi connectivity index (χ3v) is 4.63. The summed E-state index contributed by atoms with van der Waals surface area (Å²) in [5.74, 6) is 5.68. The zero-order valence-corrected chi connectivity index (χ0v) is 13.3.